The highest BCUT2D eigenvalue weighted by molar-refractivity contribution is 5.66. The quantitative estimate of drug-likeness (QED) is 0.504. The zero-order valence-electron chi connectivity index (χ0n) is 19.5. The summed E-state index contributed by atoms with van der Waals surface area (Å²) in [6.07, 6.45) is 12.1. The molecule has 2 fully saturated rings. The molecule has 0 bridgehead atoms. The van der Waals surface area contributed by atoms with E-state index < -0.39 is 6.10 Å². The molecule has 0 saturated heterocycles. The van der Waals surface area contributed by atoms with Crippen LogP contribution in [-0.4, -0.2) is 35.9 Å². The normalized spacial score (nSPS) is 39.9. The van der Waals surface area contributed by atoms with Gasteiger partial charge in [-0.15, -0.1) is 0 Å². The van der Waals surface area contributed by atoms with Crippen molar-refractivity contribution in [1.29, 1.82) is 0 Å². The molecule has 0 radical (unpaired) electrons. The van der Waals surface area contributed by atoms with Gasteiger partial charge in [-0.3, -0.25) is 9.59 Å². The van der Waals surface area contributed by atoms with Gasteiger partial charge in [0.1, 0.15) is 6.10 Å². The summed E-state index contributed by atoms with van der Waals surface area (Å²) < 4.78 is 10.6. The van der Waals surface area contributed by atoms with E-state index in [-0.39, 0.29) is 35.5 Å². The fourth-order valence-corrected chi connectivity index (χ4v) is 7.55. The van der Waals surface area contributed by atoms with Crippen molar-refractivity contribution in [3.63, 3.8) is 0 Å². The lowest BCUT2D eigenvalue weighted by Gasteiger charge is -2.58. The molecule has 4 rings (SSSR count). The van der Waals surface area contributed by atoms with Gasteiger partial charge in [-0.25, -0.2) is 0 Å². The summed E-state index contributed by atoms with van der Waals surface area (Å²) in [5.74, 6) is 1.39. The summed E-state index contributed by atoms with van der Waals surface area (Å²) in [4.78, 5) is 22.5. The predicted octanol–water partition coefficient (Wildman–Crippen LogP) is 4.73. The molecule has 0 aromatic carbocycles. The SMILES string of the molecule is CC(=O)OCC[C@@H](O)C1=CC[C@@H]2[C@H]3CC=C4C[C@@H](OC(C)=O)CC[C@]4(C)[C@@H]3CC[C@@]12C. The monoisotopic (exact) mass is 430 g/mol. The standard InChI is InChI=1S/C26H38O5/c1-16(27)30-14-11-24(29)23-8-7-21-20-6-5-18-15-19(31-17(2)28)9-12-25(18,3)22(20)10-13-26(21,23)4/h5,8,19-22,24,29H,6-7,9-15H2,1-4H3/t19-,20+,21+,22+,24+,25-,26+/m0/s1. The van der Waals surface area contributed by atoms with Crippen LogP contribution in [0.2, 0.25) is 0 Å². The Hall–Kier alpha value is -1.62. The predicted molar refractivity (Wildman–Crippen MR) is 118 cm³/mol. The molecule has 172 valence electrons. The minimum Gasteiger partial charge on any atom is -0.466 e. The molecule has 0 amide bonds. The molecule has 5 nitrogen and oxygen atoms in total. The number of allylic oxidation sites excluding steroid dienone is 2. The lowest BCUT2D eigenvalue weighted by molar-refractivity contribution is -0.148. The largest absolute Gasteiger partial charge is 0.466 e. The Kier molecular flexibility index (Phi) is 6.10. The average molecular weight is 431 g/mol. The second-order valence-corrected chi connectivity index (χ2v) is 10.7. The van der Waals surface area contributed by atoms with E-state index in [0.717, 1.165) is 38.5 Å². The van der Waals surface area contributed by atoms with Crippen LogP contribution in [0.3, 0.4) is 0 Å². The molecule has 0 heterocycles. The van der Waals surface area contributed by atoms with Crippen LogP contribution in [0, 0.1) is 28.6 Å². The maximum Gasteiger partial charge on any atom is 0.302 e. The molecule has 0 unspecified atom stereocenters. The van der Waals surface area contributed by atoms with Crippen molar-refractivity contribution in [3.05, 3.63) is 23.3 Å². The highest BCUT2D eigenvalue weighted by Crippen LogP contribution is 2.65. The smallest absolute Gasteiger partial charge is 0.302 e. The number of hydrogen-bond donors (Lipinski definition) is 1. The number of fused-ring (bicyclic) bond motifs is 5. The van der Waals surface area contributed by atoms with E-state index in [2.05, 4.69) is 26.0 Å². The van der Waals surface area contributed by atoms with E-state index in [0.29, 0.717) is 24.2 Å². The molecule has 1 N–H and O–H groups in total. The zero-order chi connectivity index (χ0) is 22.4. The second kappa shape index (κ2) is 8.38. The van der Waals surface area contributed by atoms with E-state index in [4.69, 9.17) is 9.47 Å². The van der Waals surface area contributed by atoms with Crippen molar-refractivity contribution in [1.82, 2.24) is 0 Å². The highest BCUT2D eigenvalue weighted by atomic mass is 16.5. The number of carbonyl (C=O) groups excluding carboxylic acids is 2. The van der Waals surface area contributed by atoms with Crippen molar-refractivity contribution in [3.8, 4) is 0 Å². The highest BCUT2D eigenvalue weighted by Gasteiger charge is 2.57. The Balaban J connectivity index is 1.48. The molecule has 2 saturated carbocycles. The Morgan fingerprint density at radius 2 is 1.81 bits per heavy atom. The average Bonchev–Trinajstić information content (AvgIpc) is 3.05. The van der Waals surface area contributed by atoms with Crippen molar-refractivity contribution in [2.45, 2.75) is 91.3 Å². The molecule has 4 aliphatic carbocycles. The van der Waals surface area contributed by atoms with Crippen LogP contribution in [0.15, 0.2) is 23.3 Å². The van der Waals surface area contributed by atoms with Gasteiger partial charge in [0.15, 0.2) is 0 Å². The summed E-state index contributed by atoms with van der Waals surface area (Å²) in [6.45, 7) is 7.98. The summed E-state index contributed by atoms with van der Waals surface area (Å²) in [6, 6.07) is 0. The first-order chi connectivity index (χ1) is 14.6. The van der Waals surface area contributed by atoms with E-state index in [1.54, 1.807) is 0 Å². The third kappa shape index (κ3) is 3.99. The van der Waals surface area contributed by atoms with Crippen molar-refractivity contribution in [2.24, 2.45) is 28.6 Å². The third-order valence-corrected chi connectivity index (χ3v) is 9.09. The molecule has 0 aromatic rings. The third-order valence-electron chi connectivity index (χ3n) is 9.09. The van der Waals surface area contributed by atoms with Crippen molar-refractivity contribution >= 4 is 11.9 Å². The van der Waals surface area contributed by atoms with Gasteiger partial charge >= 0.3 is 11.9 Å². The van der Waals surface area contributed by atoms with Gasteiger partial charge in [0, 0.05) is 26.7 Å². The minimum absolute atomic E-state index is 0.0352. The first-order valence-electron chi connectivity index (χ1n) is 12.0. The Morgan fingerprint density at radius 1 is 1.06 bits per heavy atom. The van der Waals surface area contributed by atoms with E-state index in [9.17, 15) is 14.7 Å². The van der Waals surface area contributed by atoms with Crippen LogP contribution < -0.4 is 0 Å². The molecule has 0 aliphatic heterocycles. The topological polar surface area (TPSA) is 72.8 Å². The van der Waals surface area contributed by atoms with E-state index in [1.165, 1.54) is 31.4 Å². The van der Waals surface area contributed by atoms with Crippen LogP contribution >= 0.6 is 0 Å². The van der Waals surface area contributed by atoms with Crippen LogP contribution in [0.25, 0.3) is 0 Å². The maximum absolute atomic E-state index is 11.4. The van der Waals surface area contributed by atoms with Gasteiger partial charge in [0.05, 0.1) is 12.7 Å². The molecular weight excluding hydrogens is 392 g/mol. The second-order valence-electron chi connectivity index (χ2n) is 10.7. The van der Waals surface area contributed by atoms with Crippen LogP contribution in [0.5, 0.6) is 0 Å². The van der Waals surface area contributed by atoms with E-state index in [1.807, 2.05) is 0 Å². The van der Waals surface area contributed by atoms with Crippen molar-refractivity contribution < 1.29 is 24.2 Å². The molecule has 0 aromatic heterocycles. The number of ether oxygens (including phenoxy) is 2. The molecule has 31 heavy (non-hydrogen) atoms. The molecule has 0 spiro atoms. The minimum atomic E-state index is -0.532. The van der Waals surface area contributed by atoms with Gasteiger partial charge in [-0.2, -0.15) is 0 Å². The Bertz CT molecular complexity index is 798. The fraction of sp³-hybridized carbons (Fsp3) is 0.769. The summed E-state index contributed by atoms with van der Waals surface area (Å²) in [7, 11) is 0. The fourth-order valence-electron chi connectivity index (χ4n) is 7.55. The molecule has 4 aliphatic rings. The number of esters is 2. The summed E-state index contributed by atoms with van der Waals surface area (Å²) in [5.41, 5.74) is 2.91. The van der Waals surface area contributed by atoms with E-state index >= 15 is 0 Å². The number of carbonyl (C=O) groups is 2. The lowest BCUT2D eigenvalue weighted by Crippen LogP contribution is -2.50. The lowest BCUT2D eigenvalue weighted by atomic mass is 9.47. The van der Waals surface area contributed by atoms with Gasteiger partial charge < -0.3 is 14.6 Å². The summed E-state index contributed by atoms with van der Waals surface area (Å²) in [5, 5.41) is 10.9. The number of hydrogen-bond acceptors (Lipinski definition) is 5. The maximum atomic E-state index is 11.4. The molecular formula is C26H38O5. The number of aliphatic hydroxyl groups excluding tert-OH is 1. The van der Waals surface area contributed by atoms with Crippen LogP contribution in [-0.2, 0) is 19.1 Å². The Labute approximate surface area is 186 Å². The summed E-state index contributed by atoms with van der Waals surface area (Å²) >= 11 is 0. The molecule has 7 atom stereocenters. The van der Waals surface area contributed by atoms with Crippen LogP contribution in [0.1, 0.15) is 79.1 Å². The number of rotatable bonds is 5. The first-order valence-corrected chi connectivity index (χ1v) is 12.0. The van der Waals surface area contributed by atoms with Crippen molar-refractivity contribution in [2.75, 3.05) is 6.61 Å². The number of aliphatic hydroxyl groups is 1. The van der Waals surface area contributed by atoms with Crippen LogP contribution in [0.4, 0.5) is 0 Å². The van der Waals surface area contributed by atoms with Gasteiger partial charge in [0.25, 0.3) is 0 Å². The van der Waals surface area contributed by atoms with Gasteiger partial charge in [-0.1, -0.05) is 31.6 Å². The van der Waals surface area contributed by atoms with Gasteiger partial charge in [0.2, 0.25) is 0 Å². The first kappa shape index (κ1) is 22.6. The molecule has 5 heteroatoms. The zero-order valence-corrected chi connectivity index (χ0v) is 19.5. The Morgan fingerprint density at radius 3 is 2.52 bits per heavy atom. The van der Waals surface area contributed by atoms with Gasteiger partial charge in [-0.05, 0) is 72.7 Å².